The zero-order chi connectivity index (χ0) is 27.5. The van der Waals surface area contributed by atoms with E-state index in [-0.39, 0.29) is 0 Å². The molecule has 0 bridgehead atoms. The zero-order valence-electron chi connectivity index (χ0n) is 22.3. The van der Waals surface area contributed by atoms with Gasteiger partial charge in [-0.3, -0.25) is 0 Å². The van der Waals surface area contributed by atoms with E-state index in [1.54, 1.807) is 0 Å². The molecule has 0 atom stereocenters. The summed E-state index contributed by atoms with van der Waals surface area (Å²) in [6.45, 7) is 2.08. The highest BCUT2D eigenvalue weighted by atomic mass is 16.3. The first-order valence-electron chi connectivity index (χ1n) is 13.6. The van der Waals surface area contributed by atoms with Crippen molar-refractivity contribution in [2.75, 3.05) is 0 Å². The predicted octanol–water partition coefficient (Wildman–Crippen LogP) is 10.7. The minimum Gasteiger partial charge on any atom is -0.456 e. The van der Waals surface area contributed by atoms with Gasteiger partial charge in [0.15, 0.2) is 0 Å². The van der Waals surface area contributed by atoms with Crippen molar-refractivity contribution < 1.29 is 8.83 Å². The van der Waals surface area contributed by atoms with E-state index in [1.165, 1.54) is 0 Å². The summed E-state index contributed by atoms with van der Waals surface area (Å²) in [5, 5.41) is 14.8. The SMILES string of the molecule is Cc1cccc(-c2cc(-c3ccc4oc5ccccc5c4c3)cc(-c3ccc4oc5ccccc5c4c3)c2C#N)c1. The monoisotopic (exact) mass is 525 g/mol. The maximum atomic E-state index is 10.5. The van der Waals surface area contributed by atoms with Gasteiger partial charge in [0, 0.05) is 32.7 Å². The maximum absolute atomic E-state index is 10.5. The highest BCUT2D eigenvalue weighted by Gasteiger charge is 2.18. The molecule has 2 aromatic heterocycles. The van der Waals surface area contributed by atoms with Crippen molar-refractivity contribution in [1.29, 1.82) is 5.26 Å². The summed E-state index contributed by atoms with van der Waals surface area (Å²) in [6.07, 6.45) is 0. The molecule has 41 heavy (non-hydrogen) atoms. The number of rotatable bonds is 3. The van der Waals surface area contributed by atoms with E-state index in [9.17, 15) is 5.26 Å². The molecule has 0 saturated carbocycles. The van der Waals surface area contributed by atoms with Crippen molar-refractivity contribution in [2.45, 2.75) is 6.92 Å². The van der Waals surface area contributed by atoms with E-state index >= 15 is 0 Å². The van der Waals surface area contributed by atoms with Gasteiger partial charge in [0.2, 0.25) is 0 Å². The third-order valence-electron chi connectivity index (χ3n) is 7.98. The van der Waals surface area contributed by atoms with Crippen LogP contribution in [0.4, 0.5) is 0 Å². The predicted molar refractivity (Wildman–Crippen MR) is 167 cm³/mol. The number of aryl methyl sites for hydroxylation is 1. The summed E-state index contributed by atoms with van der Waals surface area (Å²) in [5.41, 5.74) is 11.2. The zero-order valence-corrected chi connectivity index (χ0v) is 22.3. The Kier molecular flexibility index (Phi) is 5.10. The molecule has 3 nitrogen and oxygen atoms in total. The fourth-order valence-electron chi connectivity index (χ4n) is 6.00. The van der Waals surface area contributed by atoms with Crippen molar-refractivity contribution in [3.63, 3.8) is 0 Å². The Balaban J connectivity index is 1.41. The molecule has 0 saturated heterocycles. The summed E-state index contributed by atoms with van der Waals surface area (Å²) in [7, 11) is 0. The number of furan rings is 2. The highest BCUT2D eigenvalue weighted by Crippen LogP contribution is 2.40. The summed E-state index contributed by atoms with van der Waals surface area (Å²) >= 11 is 0. The van der Waals surface area contributed by atoms with Crippen LogP contribution in [0.1, 0.15) is 11.1 Å². The molecule has 192 valence electrons. The lowest BCUT2D eigenvalue weighted by atomic mass is 9.87. The van der Waals surface area contributed by atoms with Crippen LogP contribution in [0.5, 0.6) is 0 Å². The van der Waals surface area contributed by atoms with Crippen LogP contribution in [0.3, 0.4) is 0 Å². The minimum atomic E-state index is 0.654. The molecular formula is C38H23NO2. The molecule has 0 aliphatic heterocycles. The molecule has 2 heterocycles. The van der Waals surface area contributed by atoms with E-state index < -0.39 is 0 Å². The minimum absolute atomic E-state index is 0.654. The molecule has 6 aromatic carbocycles. The quantitative estimate of drug-likeness (QED) is 0.230. The van der Waals surface area contributed by atoms with Crippen LogP contribution >= 0.6 is 0 Å². The Morgan fingerprint density at radius 1 is 0.463 bits per heavy atom. The second kappa shape index (κ2) is 8.98. The molecule has 0 fully saturated rings. The molecular weight excluding hydrogens is 502 g/mol. The first-order valence-corrected chi connectivity index (χ1v) is 13.6. The number of para-hydroxylation sites is 2. The molecule has 0 amide bonds. The van der Waals surface area contributed by atoms with E-state index in [4.69, 9.17) is 8.83 Å². The van der Waals surface area contributed by atoms with Gasteiger partial charge < -0.3 is 8.83 Å². The first-order chi connectivity index (χ1) is 20.2. The molecule has 0 N–H and O–H groups in total. The summed E-state index contributed by atoms with van der Waals surface area (Å²) in [6, 6.07) is 43.9. The smallest absolute Gasteiger partial charge is 0.135 e. The van der Waals surface area contributed by atoms with Crippen molar-refractivity contribution in [1.82, 2.24) is 0 Å². The van der Waals surface area contributed by atoms with Crippen LogP contribution < -0.4 is 0 Å². The Morgan fingerprint density at radius 3 is 1.61 bits per heavy atom. The van der Waals surface area contributed by atoms with E-state index in [0.29, 0.717) is 5.56 Å². The molecule has 0 unspecified atom stereocenters. The van der Waals surface area contributed by atoms with Gasteiger partial charge in [-0.1, -0.05) is 78.4 Å². The third kappa shape index (κ3) is 3.73. The normalized spacial score (nSPS) is 11.5. The van der Waals surface area contributed by atoms with Crippen LogP contribution in [0.25, 0.3) is 77.3 Å². The van der Waals surface area contributed by atoms with Gasteiger partial charge in [0.25, 0.3) is 0 Å². The Morgan fingerprint density at radius 2 is 1.00 bits per heavy atom. The number of nitrogens with zero attached hydrogens (tertiary/aromatic N) is 1. The number of nitriles is 1. The summed E-state index contributed by atoms with van der Waals surface area (Å²) in [5.74, 6) is 0. The standard InChI is InChI=1S/C38H23NO2/c1-23-7-6-8-25(17-23)30-20-27(24-13-15-37-32(18-24)28-9-2-4-11-35(28)40-37)21-31(34(30)22-39)26-14-16-38-33(19-26)29-10-3-5-12-36(29)41-38/h2-21H,1H3. The molecule has 8 rings (SSSR count). The van der Waals surface area contributed by atoms with Crippen molar-refractivity contribution in [2.24, 2.45) is 0 Å². The second-order valence-corrected chi connectivity index (χ2v) is 10.5. The van der Waals surface area contributed by atoms with Gasteiger partial charge in [-0.2, -0.15) is 5.26 Å². The molecule has 0 aliphatic carbocycles. The van der Waals surface area contributed by atoms with Crippen molar-refractivity contribution in [3.8, 4) is 39.4 Å². The van der Waals surface area contributed by atoms with Crippen LogP contribution in [-0.4, -0.2) is 0 Å². The van der Waals surface area contributed by atoms with E-state index in [1.807, 2.05) is 54.6 Å². The van der Waals surface area contributed by atoms with Crippen LogP contribution in [0.15, 0.2) is 130 Å². The lowest BCUT2D eigenvalue weighted by Crippen LogP contribution is -1.93. The fraction of sp³-hybridized carbons (Fsp3) is 0.0263. The lowest BCUT2D eigenvalue weighted by Gasteiger charge is -2.15. The van der Waals surface area contributed by atoms with Gasteiger partial charge in [0.1, 0.15) is 28.4 Å². The van der Waals surface area contributed by atoms with Crippen molar-refractivity contribution in [3.05, 3.63) is 132 Å². The average Bonchev–Trinajstić information content (AvgIpc) is 3.58. The topological polar surface area (TPSA) is 50.1 Å². The van der Waals surface area contributed by atoms with E-state index in [0.717, 1.165) is 82.8 Å². The average molecular weight is 526 g/mol. The van der Waals surface area contributed by atoms with Crippen LogP contribution in [0.2, 0.25) is 0 Å². The fourth-order valence-corrected chi connectivity index (χ4v) is 6.00. The molecule has 0 spiro atoms. The van der Waals surface area contributed by atoms with Crippen molar-refractivity contribution >= 4 is 43.9 Å². The van der Waals surface area contributed by atoms with Crippen LogP contribution in [0, 0.1) is 18.3 Å². The maximum Gasteiger partial charge on any atom is 0.135 e. The number of hydrogen-bond acceptors (Lipinski definition) is 3. The van der Waals surface area contributed by atoms with Gasteiger partial charge >= 0.3 is 0 Å². The number of hydrogen-bond donors (Lipinski definition) is 0. The molecule has 0 radical (unpaired) electrons. The first kappa shape index (κ1) is 23.3. The summed E-state index contributed by atoms with van der Waals surface area (Å²) < 4.78 is 12.2. The largest absolute Gasteiger partial charge is 0.456 e. The Hall–Kier alpha value is -5.59. The van der Waals surface area contributed by atoms with Gasteiger partial charge in [0.05, 0.1) is 5.56 Å². The number of benzene rings is 6. The second-order valence-electron chi connectivity index (χ2n) is 10.5. The molecule has 0 aliphatic rings. The highest BCUT2D eigenvalue weighted by molar-refractivity contribution is 6.08. The summed E-state index contributed by atoms with van der Waals surface area (Å²) in [4.78, 5) is 0. The Labute approximate surface area is 236 Å². The molecule has 3 heteroatoms. The number of fused-ring (bicyclic) bond motifs is 6. The lowest BCUT2D eigenvalue weighted by molar-refractivity contribution is 0.668. The van der Waals surface area contributed by atoms with E-state index in [2.05, 4.69) is 79.7 Å². The van der Waals surface area contributed by atoms with Gasteiger partial charge in [-0.05, 0) is 77.7 Å². The van der Waals surface area contributed by atoms with Gasteiger partial charge in [-0.25, -0.2) is 0 Å². The molecule has 8 aromatic rings. The third-order valence-corrected chi connectivity index (χ3v) is 7.98. The Bertz CT molecular complexity index is 2350. The van der Waals surface area contributed by atoms with Gasteiger partial charge in [-0.15, -0.1) is 0 Å². The van der Waals surface area contributed by atoms with Crippen LogP contribution in [-0.2, 0) is 0 Å².